The minimum absolute atomic E-state index is 0.0566. The molecule has 0 aromatic heterocycles. The predicted octanol–water partition coefficient (Wildman–Crippen LogP) is 4.57. The second kappa shape index (κ2) is 9.82. The van der Waals surface area contributed by atoms with Crippen LogP contribution in [-0.2, 0) is 13.0 Å². The molecule has 35 heavy (non-hydrogen) atoms. The maximum Gasteiger partial charge on any atom is 0.200 e. The lowest BCUT2D eigenvalue weighted by molar-refractivity contribution is -0.0228. The summed E-state index contributed by atoms with van der Waals surface area (Å²) in [5.74, 6) is 2.44. The zero-order chi connectivity index (χ0) is 24.6. The van der Waals surface area contributed by atoms with Crippen molar-refractivity contribution in [3.05, 3.63) is 52.6 Å². The molecule has 2 fully saturated rings. The first-order valence-electron chi connectivity index (χ1n) is 12.9. The predicted molar refractivity (Wildman–Crippen MR) is 137 cm³/mol. The molecule has 0 spiro atoms. The molecule has 3 aliphatic rings. The topological polar surface area (TPSA) is 51.2 Å². The normalized spacial score (nSPS) is 24.7. The highest BCUT2D eigenvalue weighted by atomic mass is 16.5. The van der Waals surface area contributed by atoms with Gasteiger partial charge in [-0.25, -0.2) is 0 Å². The molecule has 6 nitrogen and oxygen atoms in total. The zero-order valence-electron chi connectivity index (χ0n) is 21.6. The van der Waals surface area contributed by atoms with Crippen LogP contribution in [0.15, 0.2) is 30.3 Å². The van der Waals surface area contributed by atoms with E-state index in [2.05, 4.69) is 23.8 Å². The summed E-state index contributed by atoms with van der Waals surface area (Å²) in [6.07, 6.45) is 5.38. The Morgan fingerprint density at radius 2 is 1.77 bits per heavy atom. The van der Waals surface area contributed by atoms with Gasteiger partial charge in [0.05, 0.1) is 19.8 Å². The Morgan fingerprint density at radius 1 is 1.06 bits per heavy atom. The second-order valence-electron chi connectivity index (χ2n) is 10.6. The molecule has 5 rings (SSSR count). The van der Waals surface area contributed by atoms with E-state index in [9.17, 15) is 4.79 Å². The van der Waals surface area contributed by atoms with Gasteiger partial charge in [-0.3, -0.25) is 9.69 Å². The first-order valence-corrected chi connectivity index (χ1v) is 12.9. The number of fused-ring (bicyclic) bond motifs is 2. The van der Waals surface area contributed by atoms with E-state index in [1.54, 1.807) is 14.2 Å². The summed E-state index contributed by atoms with van der Waals surface area (Å²) in [7, 11) is 5.55. The van der Waals surface area contributed by atoms with Crippen LogP contribution in [0.4, 0.5) is 0 Å². The Balaban J connectivity index is 1.68. The first-order chi connectivity index (χ1) is 16.9. The van der Waals surface area contributed by atoms with Crippen LogP contribution in [0.5, 0.6) is 17.2 Å². The molecule has 2 atom stereocenters. The van der Waals surface area contributed by atoms with Crippen LogP contribution < -0.4 is 14.2 Å². The molecule has 188 valence electrons. The summed E-state index contributed by atoms with van der Waals surface area (Å²) < 4.78 is 19.0. The number of hydrogen-bond donors (Lipinski definition) is 0. The van der Waals surface area contributed by atoms with Crippen molar-refractivity contribution in [2.45, 2.75) is 51.2 Å². The van der Waals surface area contributed by atoms with Gasteiger partial charge in [0.1, 0.15) is 28.4 Å². The lowest BCUT2D eigenvalue weighted by Crippen LogP contribution is -2.47. The number of benzene rings is 2. The maximum atomic E-state index is 14.0. The summed E-state index contributed by atoms with van der Waals surface area (Å²) in [4.78, 5) is 18.8. The van der Waals surface area contributed by atoms with E-state index >= 15 is 0 Å². The Kier molecular flexibility index (Phi) is 6.78. The molecule has 0 amide bonds. The summed E-state index contributed by atoms with van der Waals surface area (Å²) >= 11 is 0. The molecule has 2 unspecified atom stereocenters. The third kappa shape index (κ3) is 4.43. The monoisotopic (exact) mass is 478 g/mol. The van der Waals surface area contributed by atoms with E-state index in [1.807, 2.05) is 30.3 Å². The van der Waals surface area contributed by atoms with Crippen LogP contribution in [0.25, 0.3) is 0 Å². The summed E-state index contributed by atoms with van der Waals surface area (Å²) in [6, 6.07) is 9.47. The minimum atomic E-state index is -0.272. The number of carbonyl (C=O) groups is 1. The van der Waals surface area contributed by atoms with Crippen LogP contribution in [0.3, 0.4) is 0 Å². The average molecular weight is 479 g/mol. The number of methoxy groups -OCH3 is 2. The molecule has 0 radical (unpaired) electrons. The van der Waals surface area contributed by atoms with Gasteiger partial charge in [0.25, 0.3) is 0 Å². The smallest absolute Gasteiger partial charge is 0.200 e. The highest BCUT2D eigenvalue weighted by Crippen LogP contribution is 2.53. The molecule has 1 saturated heterocycles. The number of rotatable bonds is 6. The van der Waals surface area contributed by atoms with Crippen molar-refractivity contribution in [2.75, 3.05) is 47.4 Å². The molecular formula is C29H38N2O4. The van der Waals surface area contributed by atoms with Crippen LogP contribution >= 0.6 is 0 Å². The van der Waals surface area contributed by atoms with Gasteiger partial charge < -0.3 is 19.1 Å². The molecule has 0 N–H and O–H groups in total. The number of ketones is 1. The van der Waals surface area contributed by atoms with E-state index in [-0.39, 0.29) is 11.4 Å². The molecule has 0 bridgehead atoms. The second-order valence-corrected chi connectivity index (χ2v) is 10.6. The lowest BCUT2D eigenvalue weighted by atomic mass is 9.71. The molecule has 1 saturated carbocycles. The minimum Gasteiger partial charge on any atom is -0.496 e. The Bertz CT molecular complexity index is 1080. The van der Waals surface area contributed by atoms with E-state index in [0.29, 0.717) is 35.1 Å². The Hall–Kier alpha value is -2.57. The van der Waals surface area contributed by atoms with E-state index in [4.69, 9.17) is 14.2 Å². The van der Waals surface area contributed by atoms with Crippen molar-refractivity contribution in [1.29, 1.82) is 0 Å². The fourth-order valence-corrected chi connectivity index (χ4v) is 6.18. The van der Waals surface area contributed by atoms with E-state index < -0.39 is 0 Å². The third-order valence-electron chi connectivity index (χ3n) is 8.32. The van der Waals surface area contributed by atoms with Gasteiger partial charge in [-0.1, -0.05) is 36.8 Å². The van der Waals surface area contributed by atoms with Gasteiger partial charge in [-0.15, -0.1) is 0 Å². The Labute approximate surface area is 209 Å². The maximum absolute atomic E-state index is 14.0. The van der Waals surface area contributed by atoms with E-state index in [0.717, 1.165) is 68.7 Å². The van der Waals surface area contributed by atoms with E-state index in [1.165, 1.54) is 6.42 Å². The number of carbonyl (C=O) groups excluding carboxylic acids is 1. The number of nitrogens with zero attached hydrogens (tertiary/aromatic N) is 2. The van der Waals surface area contributed by atoms with Crippen LogP contribution in [-0.4, -0.2) is 68.6 Å². The quantitative estimate of drug-likeness (QED) is 0.567. The van der Waals surface area contributed by atoms with Crippen molar-refractivity contribution >= 4 is 5.78 Å². The summed E-state index contributed by atoms with van der Waals surface area (Å²) in [5, 5.41) is 0. The highest BCUT2D eigenvalue weighted by molar-refractivity contribution is 6.13. The van der Waals surface area contributed by atoms with Crippen molar-refractivity contribution in [2.24, 2.45) is 5.92 Å². The highest BCUT2D eigenvalue weighted by Gasteiger charge is 2.46. The largest absolute Gasteiger partial charge is 0.496 e. The van der Waals surface area contributed by atoms with Gasteiger partial charge >= 0.3 is 0 Å². The molecule has 1 aliphatic carbocycles. The van der Waals surface area contributed by atoms with Crippen LogP contribution in [0.2, 0.25) is 0 Å². The van der Waals surface area contributed by atoms with Gasteiger partial charge in [-0.2, -0.15) is 0 Å². The summed E-state index contributed by atoms with van der Waals surface area (Å²) in [5.41, 5.74) is 2.90. The molecule has 2 aliphatic heterocycles. The number of piperazine rings is 1. The zero-order valence-corrected chi connectivity index (χ0v) is 21.6. The van der Waals surface area contributed by atoms with Gasteiger partial charge in [0.2, 0.25) is 5.78 Å². The summed E-state index contributed by atoms with van der Waals surface area (Å²) in [6.45, 7) is 6.89. The van der Waals surface area contributed by atoms with Crippen LogP contribution in [0.1, 0.15) is 59.7 Å². The molecule has 6 heteroatoms. The van der Waals surface area contributed by atoms with Gasteiger partial charge in [-0.05, 0) is 39.7 Å². The molecule has 2 aromatic carbocycles. The average Bonchev–Trinajstić information content (AvgIpc) is 2.88. The standard InChI is InChI=1S/C29H38N2O4/c1-29-13-9-8-12-21(29)18-22-26(33-3)23(19-31-16-14-30(2)15-17-31)27(34-4)24(28(22)35-29)25(32)20-10-6-5-7-11-20/h5-7,10-11,21H,8-9,12-19H2,1-4H3. The van der Waals surface area contributed by atoms with Crippen molar-refractivity contribution in [3.8, 4) is 17.2 Å². The van der Waals surface area contributed by atoms with Gasteiger partial charge in [0.15, 0.2) is 0 Å². The van der Waals surface area contributed by atoms with Gasteiger partial charge in [0, 0.05) is 49.8 Å². The molecule has 2 heterocycles. The number of hydrogen-bond acceptors (Lipinski definition) is 6. The fourth-order valence-electron chi connectivity index (χ4n) is 6.18. The van der Waals surface area contributed by atoms with Crippen molar-refractivity contribution in [3.63, 3.8) is 0 Å². The first kappa shape index (κ1) is 24.1. The molecule has 2 aromatic rings. The lowest BCUT2D eigenvalue weighted by Gasteiger charge is -2.46. The molecular weight excluding hydrogens is 440 g/mol. The van der Waals surface area contributed by atoms with Crippen molar-refractivity contribution in [1.82, 2.24) is 9.80 Å². The SMILES string of the molecule is COc1c(CN2CCN(C)CC2)c(OC)c(C(=O)c2ccccc2)c2c1CC1CCCCC1(C)O2. The number of likely N-dealkylation sites (N-methyl/N-ethyl adjacent to an activating group) is 1. The third-order valence-corrected chi connectivity index (χ3v) is 8.32. The Morgan fingerprint density at radius 3 is 2.46 bits per heavy atom. The van der Waals surface area contributed by atoms with Crippen molar-refractivity contribution < 1.29 is 19.0 Å². The fraction of sp³-hybridized carbons (Fsp3) is 0.552. The number of ether oxygens (including phenoxy) is 3. The van der Waals surface area contributed by atoms with Crippen LogP contribution in [0, 0.1) is 5.92 Å².